The quantitative estimate of drug-likeness (QED) is 0.0290. The van der Waals surface area contributed by atoms with Crippen molar-refractivity contribution in [2.24, 2.45) is 5.92 Å². The number of carboxylic acid groups (broad SMARTS) is 1. The van der Waals surface area contributed by atoms with Gasteiger partial charge in [-0.2, -0.15) is 0 Å². The number of imide groups is 1. The number of hydrogen-bond donors (Lipinski definition) is 8. The molecule has 3 aliphatic rings. The summed E-state index contributed by atoms with van der Waals surface area (Å²) in [6, 6.07) is 4.59. The lowest BCUT2D eigenvalue weighted by Gasteiger charge is -2.35. The molecule has 80 heavy (non-hydrogen) atoms. The summed E-state index contributed by atoms with van der Waals surface area (Å²) in [6.45, 7) is 32.3. The highest BCUT2D eigenvalue weighted by Crippen LogP contribution is 2.26. The standard InChI is InChI=1S/C19H32N4O6.C18H25NO7.C4H3NO2.2C4H10O.4C2H6/c1-4-29-10-7-15(25)21-11-14-5-6-17(27)23(14)12-16(26)22-18(13(2)3)19(28)20-8-9-24;1-10(20)25-9-12-3-5-13(19-2)7-11(12)4-6-14-8-15(21)16(22)17(26-14)18(23)24;6-3-1-2-4(7)5-3;1-3-4-5-2;1-3-5-4-2;4*1-2/h9,13-14,18H,4-8,10-12H2,1-3H3,(H,20,28)(H,21,25)(H,22,26);3,5,7,14-17,19,21-22H,4,6,8-9H2,1-2H3,(H,23,24);1-2H,(H,5,6,7);2*3-4H2,1-2H3;4*1-2H3/t;14?,15?,16-,17?;;;;;;;/m.0......./s1. The van der Waals surface area contributed by atoms with Crippen molar-refractivity contribution in [3.63, 3.8) is 0 Å². The Morgan fingerprint density at radius 3 is 1.88 bits per heavy atom. The molecule has 6 atom stereocenters. The maximum Gasteiger partial charge on any atom is 0.335 e. The molecule has 464 valence electrons. The van der Waals surface area contributed by atoms with Crippen LogP contribution in [0.15, 0.2) is 30.4 Å². The second-order valence-corrected chi connectivity index (χ2v) is 16.5. The van der Waals surface area contributed by atoms with E-state index in [4.69, 9.17) is 28.8 Å². The molecule has 0 spiro atoms. The molecule has 3 heterocycles. The average Bonchev–Trinajstić information content (AvgIpc) is 4.02. The van der Waals surface area contributed by atoms with E-state index in [1.54, 1.807) is 28.0 Å². The van der Waals surface area contributed by atoms with Crippen molar-refractivity contribution in [2.75, 3.05) is 72.1 Å². The number of aldehydes is 1. The van der Waals surface area contributed by atoms with Crippen LogP contribution < -0.4 is 26.6 Å². The number of likely N-dealkylation sites (tertiary alicyclic amines) is 1. The van der Waals surface area contributed by atoms with Gasteiger partial charge in [-0.15, -0.1) is 0 Å². The largest absolute Gasteiger partial charge is 0.479 e. The number of nitrogens with one attached hydrogen (secondary N) is 5. The third-order valence-electron chi connectivity index (χ3n) is 10.5. The number of carbonyl (C=O) groups excluding carboxylic acids is 8. The predicted molar refractivity (Wildman–Crippen MR) is 309 cm³/mol. The Kier molecular flexibility index (Phi) is 57.1. The maximum absolute atomic E-state index is 12.4. The summed E-state index contributed by atoms with van der Waals surface area (Å²) in [5.41, 5.74) is 2.69. The van der Waals surface area contributed by atoms with Gasteiger partial charge in [-0.05, 0) is 75.6 Å². The van der Waals surface area contributed by atoms with E-state index in [2.05, 4.69) is 28.2 Å². The number of aliphatic hydroxyl groups excluding tert-OH is 2. The molecule has 6 amide bonds. The minimum absolute atomic E-state index is 0.131. The second kappa shape index (κ2) is 55.1. The fraction of sp³-hybridized carbons (Fsp3) is 0.702. The molecular weight excluding hydrogens is 1040 g/mol. The summed E-state index contributed by atoms with van der Waals surface area (Å²) in [5, 5.41) is 41.6. The van der Waals surface area contributed by atoms with Gasteiger partial charge in [-0.3, -0.25) is 38.9 Å². The number of anilines is 1. The van der Waals surface area contributed by atoms with Crippen LogP contribution in [0.3, 0.4) is 0 Å². The van der Waals surface area contributed by atoms with Crippen LogP contribution >= 0.6 is 0 Å². The van der Waals surface area contributed by atoms with Crippen LogP contribution in [0.5, 0.6) is 0 Å². The molecule has 0 bridgehead atoms. The first-order chi connectivity index (χ1) is 38.2. The molecule has 1 aromatic carbocycles. The van der Waals surface area contributed by atoms with E-state index in [0.717, 1.165) is 43.1 Å². The second-order valence-electron chi connectivity index (χ2n) is 16.5. The normalized spacial score (nSPS) is 17.4. The number of aliphatic hydroxyl groups is 2. The molecule has 5 unspecified atom stereocenters. The van der Waals surface area contributed by atoms with Crippen molar-refractivity contribution >= 4 is 59.4 Å². The van der Waals surface area contributed by atoms with E-state index in [0.29, 0.717) is 45.2 Å². The Morgan fingerprint density at radius 1 is 0.850 bits per heavy atom. The van der Waals surface area contributed by atoms with Crippen LogP contribution in [-0.4, -0.2) is 177 Å². The highest BCUT2D eigenvalue weighted by molar-refractivity contribution is 6.12. The van der Waals surface area contributed by atoms with E-state index in [-0.39, 0.29) is 80.6 Å². The number of carbonyl (C=O) groups is 9. The predicted octanol–water partition coefficient (Wildman–Crippen LogP) is 5.05. The number of aryl methyl sites for hydroxylation is 1. The Hall–Kier alpha value is -5.85. The molecule has 8 N–H and O–H groups in total. The number of amides is 6. The van der Waals surface area contributed by atoms with Gasteiger partial charge in [0.05, 0.1) is 37.9 Å². The Morgan fingerprint density at radius 2 is 1.44 bits per heavy atom. The summed E-state index contributed by atoms with van der Waals surface area (Å²) in [5.74, 6) is -3.77. The lowest BCUT2D eigenvalue weighted by molar-refractivity contribution is -0.193. The molecule has 0 aliphatic carbocycles. The van der Waals surface area contributed by atoms with Gasteiger partial charge in [0.1, 0.15) is 25.0 Å². The smallest absolute Gasteiger partial charge is 0.335 e. The molecule has 4 rings (SSSR count). The minimum Gasteiger partial charge on any atom is -0.479 e. The van der Waals surface area contributed by atoms with Crippen molar-refractivity contribution in [1.29, 1.82) is 0 Å². The van der Waals surface area contributed by atoms with E-state index >= 15 is 0 Å². The third kappa shape index (κ3) is 40.3. The zero-order chi connectivity index (χ0) is 62.6. The molecule has 0 aromatic heterocycles. The molecule has 0 radical (unpaired) electrons. The number of carboxylic acids is 1. The van der Waals surface area contributed by atoms with Crippen molar-refractivity contribution in [3.05, 3.63) is 41.5 Å². The molecule has 23 nitrogen and oxygen atoms in total. The van der Waals surface area contributed by atoms with Gasteiger partial charge in [0, 0.05) is 91.2 Å². The van der Waals surface area contributed by atoms with Crippen LogP contribution in [0.1, 0.15) is 154 Å². The lowest BCUT2D eigenvalue weighted by atomic mass is 9.93. The maximum atomic E-state index is 12.4. The number of hydrogen-bond acceptors (Lipinski definition) is 17. The Bertz CT molecular complexity index is 1840. The van der Waals surface area contributed by atoms with Crippen molar-refractivity contribution in [1.82, 2.24) is 26.2 Å². The molecule has 3 aliphatic heterocycles. The number of benzene rings is 1. The molecule has 1 aromatic rings. The summed E-state index contributed by atoms with van der Waals surface area (Å²) in [4.78, 5) is 103. The summed E-state index contributed by atoms with van der Waals surface area (Å²) >= 11 is 0. The van der Waals surface area contributed by atoms with E-state index in [1.807, 2.05) is 99.7 Å². The molecular formula is C57H104N6O17. The van der Waals surface area contributed by atoms with Crippen LogP contribution in [0, 0.1) is 5.92 Å². The number of esters is 1. The van der Waals surface area contributed by atoms with Crippen LogP contribution in [-0.2, 0) is 79.9 Å². The van der Waals surface area contributed by atoms with E-state index < -0.39 is 48.2 Å². The summed E-state index contributed by atoms with van der Waals surface area (Å²) in [7, 11) is 3.51. The van der Waals surface area contributed by atoms with Crippen LogP contribution in [0.2, 0.25) is 0 Å². The van der Waals surface area contributed by atoms with Crippen molar-refractivity contribution < 1.29 is 82.2 Å². The lowest BCUT2D eigenvalue weighted by Crippen LogP contribution is -2.53. The molecule has 0 saturated carbocycles. The molecule has 23 heteroatoms. The first kappa shape index (κ1) is 83.0. The molecule has 2 saturated heterocycles. The third-order valence-corrected chi connectivity index (χ3v) is 10.5. The van der Waals surface area contributed by atoms with Crippen LogP contribution in [0.25, 0.3) is 0 Å². The Labute approximate surface area is 477 Å². The topological polar surface area (TPSA) is 324 Å². The summed E-state index contributed by atoms with van der Waals surface area (Å²) in [6.07, 6.45) is 1.84. The number of ether oxygens (including phenoxy) is 5. The van der Waals surface area contributed by atoms with Crippen LogP contribution in [0.4, 0.5) is 5.69 Å². The van der Waals surface area contributed by atoms with Crippen molar-refractivity contribution in [2.45, 2.75) is 192 Å². The van der Waals surface area contributed by atoms with Gasteiger partial charge >= 0.3 is 11.9 Å². The van der Waals surface area contributed by atoms with Gasteiger partial charge < -0.3 is 70.0 Å². The SMILES string of the molecule is CC.CC.CC.CC.CCCOC.CCOCC.CCOCCC(=O)NCC1CCC(=O)N1CC(=O)NC(C(=O)NCC=O)C(C)C.CNc1ccc(COC(C)=O)c(CCC2CC(O)[C@H](O)C(C(=O)O)O2)c1.O=C1C=CC(=O)N1. The van der Waals surface area contributed by atoms with Crippen molar-refractivity contribution in [3.8, 4) is 0 Å². The highest BCUT2D eigenvalue weighted by atomic mass is 16.5. The zero-order valence-corrected chi connectivity index (χ0v) is 51.3. The fourth-order valence-electron chi connectivity index (χ4n) is 6.77. The number of aliphatic carboxylic acids is 1. The van der Waals surface area contributed by atoms with Gasteiger partial charge in [-0.1, -0.05) is 82.2 Å². The number of methoxy groups -OCH3 is 1. The van der Waals surface area contributed by atoms with E-state index in [9.17, 15) is 53.4 Å². The van der Waals surface area contributed by atoms with Gasteiger partial charge in [0.25, 0.3) is 11.8 Å². The fourth-order valence-corrected chi connectivity index (χ4v) is 6.77. The summed E-state index contributed by atoms with van der Waals surface area (Å²) < 4.78 is 25.2. The number of rotatable bonds is 24. The van der Waals surface area contributed by atoms with Gasteiger partial charge in [0.15, 0.2) is 6.10 Å². The first-order valence-electron chi connectivity index (χ1n) is 28.1. The minimum atomic E-state index is -1.44. The number of nitrogens with zero attached hydrogens (tertiary/aromatic N) is 1. The zero-order valence-electron chi connectivity index (χ0n) is 51.3. The molecule has 2 fully saturated rings. The van der Waals surface area contributed by atoms with Gasteiger partial charge in [-0.25, -0.2) is 4.79 Å². The highest BCUT2D eigenvalue weighted by Gasteiger charge is 2.41. The first-order valence-corrected chi connectivity index (χ1v) is 28.1. The van der Waals surface area contributed by atoms with E-state index in [1.165, 1.54) is 24.0 Å². The monoisotopic (exact) mass is 1140 g/mol. The average molecular weight is 1150 g/mol. The van der Waals surface area contributed by atoms with Gasteiger partial charge in [0.2, 0.25) is 23.6 Å². The Balaban J connectivity index is -0.000000331.